The molecule has 0 aliphatic heterocycles. The summed E-state index contributed by atoms with van der Waals surface area (Å²) < 4.78 is 14.3. The van der Waals surface area contributed by atoms with Gasteiger partial charge in [-0.25, -0.2) is 0 Å². The molecule has 0 bridgehead atoms. The van der Waals surface area contributed by atoms with Crippen molar-refractivity contribution in [1.82, 2.24) is 5.32 Å². The standard InChI is InChI=1S/C36H30N2O4S/c37-31-20-26(14-17-33(31)42-23-24-8-2-1-3-9-24)32(39)22-38-36(40)28-11-5-4-10-25(28)18-19-41-27-15-16-30-29-12-6-7-13-34(29)43-35(30)21-27/h1-17,20-21H,18-19,22-23,37H2,(H,38,40). The summed E-state index contributed by atoms with van der Waals surface area (Å²) in [5.74, 6) is 0.741. The van der Waals surface area contributed by atoms with Crippen LogP contribution < -0.4 is 20.5 Å². The number of benzene rings is 5. The Morgan fingerprint density at radius 1 is 0.744 bits per heavy atom. The van der Waals surface area contributed by atoms with Gasteiger partial charge in [-0.05, 0) is 59.7 Å². The van der Waals surface area contributed by atoms with Crippen LogP contribution in [0.25, 0.3) is 20.2 Å². The Morgan fingerprint density at radius 2 is 1.51 bits per heavy atom. The third kappa shape index (κ3) is 6.52. The van der Waals surface area contributed by atoms with Crippen LogP contribution in [0.15, 0.2) is 115 Å². The summed E-state index contributed by atoms with van der Waals surface area (Å²) in [7, 11) is 0. The van der Waals surface area contributed by atoms with E-state index in [2.05, 4.69) is 41.7 Å². The predicted octanol–water partition coefficient (Wildman–Crippen LogP) is 7.45. The van der Waals surface area contributed by atoms with Crippen LogP contribution >= 0.6 is 11.3 Å². The predicted molar refractivity (Wildman–Crippen MR) is 173 cm³/mol. The smallest absolute Gasteiger partial charge is 0.251 e. The van der Waals surface area contributed by atoms with Crippen molar-refractivity contribution in [3.05, 3.63) is 138 Å². The van der Waals surface area contributed by atoms with Crippen LogP contribution in [-0.4, -0.2) is 24.8 Å². The second kappa shape index (κ2) is 12.8. The summed E-state index contributed by atoms with van der Waals surface area (Å²) in [6.07, 6.45) is 0.545. The number of rotatable bonds is 11. The van der Waals surface area contributed by atoms with Crippen molar-refractivity contribution in [2.24, 2.45) is 0 Å². The topological polar surface area (TPSA) is 90.7 Å². The molecule has 6 aromatic rings. The van der Waals surface area contributed by atoms with Crippen LogP contribution in [0, 0.1) is 0 Å². The highest BCUT2D eigenvalue weighted by molar-refractivity contribution is 7.25. The quantitative estimate of drug-likeness (QED) is 0.122. The van der Waals surface area contributed by atoms with Crippen molar-refractivity contribution in [3.8, 4) is 11.5 Å². The van der Waals surface area contributed by atoms with E-state index in [1.807, 2.05) is 54.6 Å². The zero-order valence-corrected chi connectivity index (χ0v) is 24.2. The number of fused-ring (bicyclic) bond motifs is 3. The third-order valence-electron chi connectivity index (χ3n) is 7.23. The molecule has 0 unspecified atom stereocenters. The Labute approximate surface area is 253 Å². The van der Waals surface area contributed by atoms with Gasteiger partial charge < -0.3 is 20.5 Å². The van der Waals surface area contributed by atoms with Crippen LogP contribution in [-0.2, 0) is 13.0 Å². The van der Waals surface area contributed by atoms with Crippen molar-refractivity contribution in [2.75, 3.05) is 18.9 Å². The van der Waals surface area contributed by atoms with Gasteiger partial charge in [0.2, 0.25) is 0 Å². The molecule has 0 spiro atoms. The number of hydrogen-bond acceptors (Lipinski definition) is 6. The number of anilines is 1. The molecule has 5 aromatic carbocycles. The lowest BCUT2D eigenvalue weighted by Crippen LogP contribution is -2.30. The average molecular weight is 587 g/mol. The highest BCUT2D eigenvalue weighted by Crippen LogP contribution is 2.35. The van der Waals surface area contributed by atoms with Crippen LogP contribution in [0.5, 0.6) is 11.5 Å². The second-order valence-corrected chi connectivity index (χ2v) is 11.2. The maximum absolute atomic E-state index is 13.1. The third-order valence-corrected chi connectivity index (χ3v) is 8.36. The first kappa shape index (κ1) is 28.0. The Balaban J connectivity index is 1.03. The van der Waals surface area contributed by atoms with Gasteiger partial charge in [0.25, 0.3) is 5.91 Å². The van der Waals surface area contributed by atoms with Crippen LogP contribution in [0.4, 0.5) is 5.69 Å². The molecule has 0 fully saturated rings. The molecule has 0 aliphatic carbocycles. The lowest BCUT2D eigenvalue weighted by Gasteiger charge is -2.12. The molecule has 3 N–H and O–H groups in total. The lowest BCUT2D eigenvalue weighted by atomic mass is 10.0. The maximum Gasteiger partial charge on any atom is 0.251 e. The minimum absolute atomic E-state index is 0.150. The first-order valence-electron chi connectivity index (χ1n) is 14.0. The molecular weight excluding hydrogens is 556 g/mol. The van der Waals surface area contributed by atoms with Crippen LogP contribution in [0.2, 0.25) is 0 Å². The van der Waals surface area contributed by atoms with Crippen molar-refractivity contribution in [2.45, 2.75) is 13.0 Å². The van der Waals surface area contributed by atoms with E-state index >= 15 is 0 Å². The zero-order chi connectivity index (χ0) is 29.6. The first-order valence-corrected chi connectivity index (χ1v) is 14.9. The normalized spacial score (nSPS) is 11.0. The van der Waals surface area contributed by atoms with Crippen molar-refractivity contribution in [3.63, 3.8) is 0 Å². The number of ketones is 1. The molecule has 0 atom stereocenters. The molecule has 0 saturated carbocycles. The molecule has 6 nitrogen and oxygen atoms in total. The summed E-state index contributed by atoms with van der Waals surface area (Å²) in [6.45, 7) is 0.639. The number of thiophene rings is 1. The number of hydrogen-bond donors (Lipinski definition) is 2. The van der Waals surface area contributed by atoms with Gasteiger partial charge in [-0.1, -0.05) is 66.7 Å². The number of carbonyl (C=O) groups is 2. The molecule has 1 heterocycles. The lowest BCUT2D eigenvalue weighted by molar-refractivity contribution is 0.0903. The Bertz CT molecular complexity index is 1920. The van der Waals surface area contributed by atoms with Crippen molar-refractivity contribution in [1.29, 1.82) is 0 Å². The summed E-state index contributed by atoms with van der Waals surface area (Å²) in [5.41, 5.74) is 9.30. The van der Waals surface area contributed by atoms with Crippen molar-refractivity contribution < 1.29 is 19.1 Å². The van der Waals surface area contributed by atoms with Gasteiger partial charge in [0.05, 0.1) is 18.8 Å². The van der Waals surface area contributed by atoms with Gasteiger partial charge >= 0.3 is 0 Å². The number of amides is 1. The van der Waals surface area contributed by atoms with Gasteiger partial charge in [-0.2, -0.15) is 0 Å². The van der Waals surface area contributed by atoms with Gasteiger partial charge in [-0.15, -0.1) is 11.3 Å². The highest BCUT2D eigenvalue weighted by Gasteiger charge is 2.15. The van der Waals surface area contributed by atoms with Crippen LogP contribution in [0.3, 0.4) is 0 Å². The molecule has 1 amide bonds. The summed E-state index contributed by atoms with van der Waals surface area (Å²) in [4.78, 5) is 25.9. The fourth-order valence-electron chi connectivity index (χ4n) is 4.98. The molecule has 0 aliphatic rings. The summed E-state index contributed by atoms with van der Waals surface area (Å²) in [6, 6.07) is 36.6. The van der Waals surface area contributed by atoms with E-state index < -0.39 is 0 Å². The fraction of sp³-hybridized carbons (Fsp3) is 0.111. The second-order valence-electron chi connectivity index (χ2n) is 10.1. The van der Waals surface area contributed by atoms with Crippen LogP contribution in [0.1, 0.15) is 31.8 Å². The zero-order valence-electron chi connectivity index (χ0n) is 23.4. The Morgan fingerprint density at radius 3 is 2.37 bits per heavy atom. The summed E-state index contributed by atoms with van der Waals surface area (Å²) in [5, 5.41) is 5.23. The van der Waals surface area contributed by atoms with Gasteiger partial charge in [0.1, 0.15) is 18.1 Å². The van der Waals surface area contributed by atoms with E-state index in [-0.39, 0.29) is 18.2 Å². The molecule has 6 rings (SSSR count). The highest BCUT2D eigenvalue weighted by atomic mass is 32.1. The largest absolute Gasteiger partial charge is 0.493 e. The summed E-state index contributed by atoms with van der Waals surface area (Å²) >= 11 is 1.75. The van der Waals surface area contributed by atoms with Gasteiger partial charge in [0.15, 0.2) is 5.78 Å². The van der Waals surface area contributed by atoms with E-state index in [0.29, 0.717) is 42.2 Å². The van der Waals surface area contributed by atoms with Gasteiger partial charge in [-0.3, -0.25) is 9.59 Å². The Kier molecular flexibility index (Phi) is 8.33. The number of nitrogen functional groups attached to an aromatic ring is 1. The number of nitrogens with one attached hydrogen (secondary N) is 1. The van der Waals surface area contributed by atoms with E-state index in [4.69, 9.17) is 15.2 Å². The molecule has 1 aromatic heterocycles. The fourth-order valence-corrected chi connectivity index (χ4v) is 6.12. The first-order chi connectivity index (χ1) is 21.0. The molecule has 0 saturated heterocycles. The van der Waals surface area contributed by atoms with E-state index in [9.17, 15) is 9.59 Å². The van der Waals surface area contributed by atoms with E-state index in [1.165, 1.54) is 20.2 Å². The minimum atomic E-state index is -0.313. The number of Topliss-reactive ketones (excluding diaryl/α,β-unsaturated/α-hetero) is 1. The molecule has 7 heteroatoms. The van der Waals surface area contributed by atoms with Crippen molar-refractivity contribution >= 4 is 48.9 Å². The van der Waals surface area contributed by atoms with Gasteiger partial charge in [0, 0.05) is 37.7 Å². The molecule has 214 valence electrons. The minimum Gasteiger partial charge on any atom is -0.493 e. The van der Waals surface area contributed by atoms with E-state index in [1.54, 1.807) is 35.6 Å². The monoisotopic (exact) mass is 586 g/mol. The number of ether oxygens (including phenoxy) is 2. The molecule has 0 radical (unpaired) electrons. The Hall–Kier alpha value is -5.14. The van der Waals surface area contributed by atoms with E-state index in [0.717, 1.165) is 16.9 Å². The maximum atomic E-state index is 13.1. The molecule has 43 heavy (non-hydrogen) atoms. The number of carbonyl (C=O) groups excluding carboxylic acids is 2. The SMILES string of the molecule is Nc1cc(C(=O)CNC(=O)c2ccccc2CCOc2ccc3c(c2)sc2ccccc23)ccc1OCc1ccccc1. The number of nitrogens with two attached hydrogens (primary N) is 1. The average Bonchev–Trinajstić information content (AvgIpc) is 3.41. The molecular formula is C36H30N2O4S.